The Kier molecular flexibility index (Phi) is 0.898. The third-order valence-electron chi connectivity index (χ3n) is 3.92. The van der Waals surface area contributed by atoms with Crippen LogP contribution in [-0.2, 0) is 0 Å². The van der Waals surface area contributed by atoms with Gasteiger partial charge < -0.3 is 0 Å². The van der Waals surface area contributed by atoms with Crippen LogP contribution >= 0.6 is 0 Å². The van der Waals surface area contributed by atoms with Crippen LogP contribution in [0.15, 0.2) is 12.2 Å². The first-order valence-corrected chi connectivity index (χ1v) is 4.62. The molecule has 10 heavy (non-hydrogen) atoms. The van der Waals surface area contributed by atoms with Gasteiger partial charge in [-0.05, 0) is 49.4 Å². The van der Waals surface area contributed by atoms with Crippen LogP contribution in [0.1, 0.15) is 25.7 Å². The van der Waals surface area contributed by atoms with Gasteiger partial charge in [-0.1, -0.05) is 12.2 Å². The molecule has 2 unspecified atom stereocenters. The average Bonchev–Trinajstić information content (AvgIpc) is 2.60. The van der Waals surface area contributed by atoms with Crippen molar-refractivity contribution >= 4 is 0 Å². The highest BCUT2D eigenvalue weighted by atomic mass is 14.5. The van der Waals surface area contributed by atoms with Gasteiger partial charge in [-0.3, -0.25) is 0 Å². The maximum absolute atomic E-state index is 2.49. The van der Waals surface area contributed by atoms with E-state index >= 15 is 0 Å². The standard InChI is InChI=1S/C10H14/c1-2-9-7-4-5-8(6-7)10(9)3-1/h1-2,7-10H,3-6H2/t7-,8+,9?,10?/m1/s1. The van der Waals surface area contributed by atoms with Gasteiger partial charge in [-0.25, -0.2) is 0 Å². The first-order chi connectivity index (χ1) is 4.95. The summed E-state index contributed by atoms with van der Waals surface area (Å²) in [6, 6.07) is 0. The molecule has 2 fully saturated rings. The summed E-state index contributed by atoms with van der Waals surface area (Å²) in [5, 5.41) is 0. The molecule has 0 nitrogen and oxygen atoms in total. The van der Waals surface area contributed by atoms with Gasteiger partial charge in [0.05, 0.1) is 0 Å². The van der Waals surface area contributed by atoms with Crippen LogP contribution in [0, 0.1) is 23.7 Å². The molecule has 0 aliphatic heterocycles. The molecule has 3 aliphatic rings. The molecule has 0 amide bonds. The molecule has 54 valence electrons. The van der Waals surface area contributed by atoms with Gasteiger partial charge in [0.2, 0.25) is 0 Å². The number of rotatable bonds is 0. The highest BCUT2D eigenvalue weighted by molar-refractivity contribution is 5.11. The Morgan fingerprint density at radius 1 is 1.10 bits per heavy atom. The quantitative estimate of drug-likeness (QED) is 0.447. The fourth-order valence-corrected chi connectivity index (χ4v) is 3.50. The Hall–Kier alpha value is -0.260. The van der Waals surface area contributed by atoms with E-state index in [-0.39, 0.29) is 0 Å². The Morgan fingerprint density at radius 2 is 2.00 bits per heavy atom. The lowest BCUT2D eigenvalue weighted by molar-refractivity contribution is 0.285. The third kappa shape index (κ3) is 0.492. The van der Waals surface area contributed by atoms with Gasteiger partial charge in [-0.2, -0.15) is 0 Å². The summed E-state index contributed by atoms with van der Waals surface area (Å²) in [5.41, 5.74) is 0. The Morgan fingerprint density at radius 3 is 2.90 bits per heavy atom. The van der Waals surface area contributed by atoms with Crippen molar-refractivity contribution in [3.05, 3.63) is 12.2 Å². The van der Waals surface area contributed by atoms with Crippen molar-refractivity contribution in [2.75, 3.05) is 0 Å². The molecule has 3 rings (SSSR count). The second-order valence-electron chi connectivity index (χ2n) is 4.24. The topological polar surface area (TPSA) is 0 Å². The lowest BCUT2D eigenvalue weighted by Crippen LogP contribution is -2.16. The monoisotopic (exact) mass is 134 g/mol. The molecule has 0 radical (unpaired) electrons. The molecule has 3 aliphatic carbocycles. The lowest BCUT2D eigenvalue weighted by atomic mass is 9.82. The SMILES string of the molecule is C1=CC2C(C1)[C@H]1CC[C@@H]2C1. The van der Waals surface area contributed by atoms with E-state index in [1.807, 2.05) is 0 Å². The fraction of sp³-hybridized carbons (Fsp3) is 0.800. The highest BCUT2D eigenvalue weighted by Crippen LogP contribution is 2.56. The zero-order chi connectivity index (χ0) is 6.55. The van der Waals surface area contributed by atoms with E-state index in [9.17, 15) is 0 Å². The van der Waals surface area contributed by atoms with Crippen LogP contribution in [0.5, 0.6) is 0 Å². The second kappa shape index (κ2) is 1.66. The Balaban J connectivity index is 1.97. The predicted octanol–water partition coefficient (Wildman–Crippen LogP) is 2.61. The number of hydrogen-bond acceptors (Lipinski definition) is 0. The van der Waals surface area contributed by atoms with Crippen molar-refractivity contribution in [2.45, 2.75) is 25.7 Å². The summed E-state index contributed by atoms with van der Waals surface area (Å²) in [6.07, 6.45) is 11.0. The van der Waals surface area contributed by atoms with Crippen molar-refractivity contribution in [3.63, 3.8) is 0 Å². The highest BCUT2D eigenvalue weighted by Gasteiger charge is 2.47. The summed E-state index contributed by atoms with van der Waals surface area (Å²) in [4.78, 5) is 0. The maximum Gasteiger partial charge on any atom is -0.0171 e. The van der Waals surface area contributed by atoms with Gasteiger partial charge >= 0.3 is 0 Å². The molecule has 0 aromatic carbocycles. The fourth-order valence-electron chi connectivity index (χ4n) is 3.50. The summed E-state index contributed by atoms with van der Waals surface area (Å²) in [6.45, 7) is 0. The largest absolute Gasteiger partial charge is 0.0879 e. The molecule has 0 spiro atoms. The van der Waals surface area contributed by atoms with Crippen LogP contribution in [0.2, 0.25) is 0 Å². The number of hydrogen-bond donors (Lipinski definition) is 0. The molecule has 0 aromatic rings. The molecular formula is C10H14. The van der Waals surface area contributed by atoms with Gasteiger partial charge in [0.25, 0.3) is 0 Å². The van der Waals surface area contributed by atoms with Crippen molar-refractivity contribution in [3.8, 4) is 0 Å². The summed E-state index contributed by atoms with van der Waals surface area (Å²) in [5.74, 6) is 4.36. The van der Waals surface area contributed by atoms with Crippen molar-refractivity contribution in [2.24, 2.45) is 23.7 Å². The van der Waals surface area contributed by atoms with Crippen LogP contribution in [0.4, 0.5) is 0 Å². The van der Waals surface area contributed by atoms with E-state index in [0.29, 0.717) is 0 Å². The van der Waals surface area contributed by atoms with E-state index in [4.69, 9.17) is 0 Å². The van der Waals surface area contributed by atoms with Gasteiger partial charge in [0.15, 0.2) is 0 Å². The van der Waals surface area contributed by atoms with Crippen molar-refractivity contribution < 1.29 is 0 Å². The third-order valence-corrected chi connectivity index (χ3v) is 3.92. The van der Waals surface area contributed by atoms with Crippen LogP contribution in [0.25, 0.3) is 0 Å². The van der Waals surface area contributed by atoms with Crippen molar-refractivity contribution in [1.82, 2.24) is 0 Å². The van der Waals surface area contributed by atoms with Gasteiger partial charge in [0, 0.05) is 0 Å². The van der Waals surface area contributed by atoms with Crippen LogP contribution in [0.3, 0.4) is 0 Å². The molecular weight excluding hydrogens is 120 g/mol. The summed E-state index contributed by atoms with van der Waals surface area (Å²) >= 11 is 0. The maximum atomic E-state index is 2.49. The summed E-state index contributed by atoms with van der Waals surface area (Å²) < 4.78 is 0. The minimum absolute atomic E-state index is 1.03. The minimum Gasteiger partial charge on any atom is -0.0879 e. The first kappa shape index (κ1) is 5.40. The van der Waals surface area contributed by atoms with E-state index in [0.717, 1.165) is 23.7 Å². The Labute approximate surface area is 62.3 Å². The average molecular weight is 134 g/mol. The second-order valence-corrected chi connectivity index (χ2v) is 4.24. The smallest absolute Gasteiger partial charge is 0.0171 e. The normalized spacial score (nSPS) is 56.0. The minimum atomic E-state index is 1.03. The summed E-state index contributed by atoms with van der Waals surface area (Å²) in [7, 11) is 0. The molecule has 0 heterocycles. The molecule has 2 saturated carbocycles. The molecule has 4 atom stereocenters. The molecule has 0 heteroatoms. The predicted molar refractivity (Wildman–Crippen MR) is 41.6 cm³/mol. The lowest BCUT2D eigenvalue weighted by Gasteiger charge is -2.23. The van der Waals surface area contributed by atoms with E-state index in [2.05, 4.69) is 12.2 Å². The van der Waals surface area contributed by atoms with Gasteiger partial charge in [0.1, 0.15) is 0 Å². The van der Waals surface area contributed by atoms with Crippen LogP contribution < -0.4 is 0 Å². The molecule has 2 bridgehead atoms. The Bertz CT molecular complexity index is 180. The zero-order valence-corrected chi connectivity index (χ0v) is 6.29. The van der Waals surface area contributed by atoms with Crippen molar-refractivity contribution in [1.29, 1.82) is 0 Å². The first-order valence-electron chi connectivity index (χ1n) is 4.62. The number of fused-ring (bicyclic) bond motifs is 5. The van der Waals surface area contributed by atoms with Gasteiger partial charge in [-0.15, -0.1) is 0 Å². The molecule has 0 saturated heterocycles. The molecule has 0 N–H and O–H groups in total. The van der Waals surface area contributed by atoms with E-state index in [1.54, 1.807) is 12.8 Å². The van der Waals surface area contributed by atoms with Crippen LogP contribution in [-0.4, -0.2) is 0 Å². The van der Waals surface area contributed by atoms with E-state index < -0.39 is 0 Å². The number of allylic oxidation sites excluding steroid dienone is 2. The molecule has 0 aromatic heterocycles. The zero-order valence-electron chi connectivity index (χ0n) is 6.29. The van der Waals surface area contributed by atoms with E-state index in [1.165, 1.54) is 12.8 Å².